The van der Waals surface area contributed by atoms with Gasteiger partial charge in [0.2, 0.25) is 0 Å². The molecule has 0 amide bonds. The number of aryl methyl sites for hydroxylation is 1. The number of nitrogens with zero attached hydrogens (tertiary/aromatic N) is 1. The van der Waals surface area contributed by atoms with Gasteiger partial charge < -0.3 is 0 Å². The van der Waals surface area contributed by atoms with Crippen molar-refractivity contribution < 1.29 is 0 Å². The van der Waals surface area contributed by atoms with Gasteiger partial charge in [-0.3, -0.25) is 4.99 Å². The fourth-order valence-electron chi connectivity index (χ4n) is 1.33. The largest absolute Gasteiger partial charge is 0.272 e. The maximum atomic E-state index is 3.72. The van der Waals surface area contributed by atoms with E-state index < -0.39 is 0 Å². The zero-order valence-corrected chi connectivity index (χ0v) is 9.12. The van der Waals surface area contributed by atoms with Gasteiger partial charge in [-0.2, -0.15) is 0 Å². The standard InChI is InChI=1S/C13H17N/c1-10(2)12-6-5-11(3)13(9-12)7-8-14-4/h5-10H,4H2,1-3H3/b8-7-. The molecule has 0 radical (unpaired) electrons. The summed E-state index contributed by atoms with van der Waals surface area (Å²) in [7, 11) is 0. The van der Waals surface area contributed by atoms with Crippen molar-refractivity contribution in [3.8, 4) is 0 Å². The molecule has 74 valence electrons. The van der Waals surface area contributed by atoms with Crippen LogP contribution in [0.15, 0.2) is 29.4 Å². The van der Waals surface area contributed by atoms with Crippen LogP contribution >= 0.6 is 0 Å². The van der Waals surface area contributed by atoms with Gasteiger partial charge >= 0.3 is 0 Å². The number of aliphatic imine (C=N–C) groups is 1. The van der Waals surface area contributed by atoms with Crippen molar-refractivity contribution >= 4 is 12.8 Å². The molecule has 1 heteroatoms. The Kier molecular flexibility index (Phi) is 3.63. The Balaban J connectivity index is 3.08. The fraction of sp³-hybridized carbons (Fsp3) is 0.308. The molecule has 0 saturated carbocycles. The van der Waals surface area contributed by atoms with E-state index in [4.69, 9.17) is 0 Å². The third kappa shape index (κ3) is 2.56. The Hall–Kier alpha value is -1.37. The Labute approximate surface area is 86.2 Å². The van der Waals surface area contributed by atoms with E-state index in [1.165, 1.54) is 16.7 Å². The number of hydrogen-bond acceptors (Lipinski definition) is 1. The quantitative estimate of drug-likeness (QED) is 0.638. The van der Waals surface area contributed by atoms with E-state index in [9.17, 15) is 0 Å². The molecule has 1 aromatic rings. The minimum Gasteiger partial charge on any atom is -0.272 e. The lowest BCUT2D eigenvalue weighted by molar-refractivity contribution is 0.865. The summed E-state index contributed by atoms with van der Waals surface area (Å²) in [6.07, 6.45) is 3.72. The number of benzene rings is 1. The van der Waals surface area contributed by atoms with Gasteiger partial charge in [0.05, 0.1) is 0 Å². The predicted molar refractivity (Wildman–Crippen MR) is 63.9 cm³/mol. The van der Waals surface area contributed by atoms with Gasteiger partial charge in [-0.25, -0.2) is 0 Å². The van der Waals surface area contributed by atoms with Crippen LogP contribution in [-0.2, 0) is 0 Å². The van der Waals surface area contributed by atoms with Crippen LogP contribution in [0, 0.1) is 6.92 Å². The Bertz CT molecular complexity index is 348. The summed E-state index contributed by atoms with van der Waals surface area (Å²) in [6.45, 7) is 9.93. The zero-order chi connectivity index (χ0) is 10.6. The molecule has 0 spiro atoms. The highest BCUT2D eigenvalue weighted by Crippen LogP contribution is 2.19. The van der Waals surface area contributed by atoms with Gasteiger partial charge in [0.1, 0.15) is 0 Å². The number of hydrogen-bond donors (Lipinski definition) is 0. The highest BCUT2D eigenvalue weighted by Gasteiger charge is 2.00. The molecule has 0 aliphatic rings. The van der Waals surface area contributed by atoms with Gasteiger partial charge in [0.25, 0.3) is 0 Å². The third-order valence-corrected chi connectivity index (χ3v) is 2.33. The summed E-state index contributed by atoms with van der Waals surface area (Å²) in [5.74, 6) is 0.569. The van der Waals surface area contributed by atoms with Gasteiger partial charge in [-0.15, -0.1) is 0 Å². The minimum atomic E-state index is 0.569. The van der Waals surface area contributed by atoms with Crippen molar-refractivity contribution in [3.63, 3.8) is 0 Å². The summed E-state index contributed by atoms with van der Waals surface area (Å²) >= 11 is 0. The van der Waals surface area contributed by atoms with E-state index in [-0.39, 0.29) is 0 Å². The Morgan fingerprint density at radius 1 is 1.36 bits per heavy atom. The van der Waals surface area contributed by atoms with Crippen LogP contribution in [0.3, 0.4) is 0 Å². The molecule has 0 aliphatic heterocycles. The van der Waals surface area contributed by atoms with Gasteiger partial charge in [0.15, 0.2) is 0 Å². The van der Waals surface area contributed by atoms with Crippen LogP contribution in [0.1, 0.15) is 36.5 Å². The Morgan fingerprint density at radius 3 is 2.64 bits per heavy atom. The van der Waals surface area contributed by atoms with E-state index in [2.05, 4.69) is 50.7 Å². The minimum absolute atomic E-state index is 0.569. The fourth-order valence-corrected chi connectivity index (χ4v) is 1.33. The molecule has 0 N–H and O–H groups in total. The van der Waals surface area contributed by atoms with Crippen LogP contribution in [0.2, 0.25) is 0 Å². The summed E-state index contributed by atoms with van der Waals surface area (Å²) in [4.78, 5) is 3.72. The average molecular weight is 187 g/mol. The molecule has 0 aliphatic carbocycles. The topological polar surface area (TPSA) is 12.4 Å². The van der Waals surface area contributed by atoms with E-state index in [1.54, 1.807) is 6.20 Å². The van der Waals surface area contributed by atoms with Crippen LogP contribution in [0.25, 0.3) is 6.08 Å². The first kappa shape index (κ1) is 10.7. The van der Waals surface area contributed by atoms with Crippen molar-refractivity contribution in [2.75, 3.05) is 0 Å². The molecule has 0 saturated heterocycles. The molecule has 1 rings (SSSR count). The van der Waals surface area contributed by atoms with Gasteiger partial charge in [0, 0.05) is 6.20 Å². The average Bonchev–Trinajstić information content (AvgIpc) is 2.16. The molecular formula is C13H17N. The second kappa shape index (κ2) is 4.75. The molecule has 0 bridgehead atoms. The Morgan fingerprint density at radius 2 is 2.07 bits per heavy atom. The lowest BCUT2D eigenvalue weighted by Gasteiger charge is -2.08. The van der Waals surface area contributed by atoms with Crippen LogP contribution in [0.5, 0.6) is 0 Å². The summed E-state index contributed by atoms with van der Waals surface area (Å²) < 4.78 is 0. The smallest absolute Gasteiger partial charge is 0.0266 e. The van der Waals surface area contributed by atoms with Crippen molar-refractivity contribution in [2.24, 2.45) is 4.99 Å². The summed E-state index contributed by atoms with van der Waals surface area (Å²) in [5, 5.41) is 0. The molecule has 0 unspecified atom stereocenters. The van der Waals surface area contributed by atoms with Crippen molar-refractivity contribution in [1.82, 2.24) is 0 Å². The molecule has 0 atom stereocenters. The molecule has 0 aromatic heterocycles. The second-order valence-electron chi connectivity index (χ2n) is 3.77. The van der Waals surface area contributed by atoms with Gasteiger partial charge in [-0.05, 0) is 42.3 Å². The van der Waals surface area contributed by atoms with Crippen LogP contribution < -0.4 is 0 Å². The van der Waals surface area contributed by atoms with E-state index in [0.717, 1.165) is 0 Å². The monoisotopic (exact) mass is 187 g/mol. The highest BCUT2D eigenvalue weighted by molar-refractivity contribution is 5.55. The molecule has 14 heavy (non-hydrogen) atoms. The lowest BCUT2D eigenvalue weighted by atomic mass is 9.98. The normalized spacial score (nSPS) is 11.1. The van der Waals surface area contributed by atoms with Crippen molar-refractivity contribution in [1.29, 1.82) is 0 Å². The maximum absolute atomic E-state index is 3.72. The maximum Gasteiger partial charge on any atom is 0.0266 e. The van der Waals surface area contributed by atoms with E-state index in [0.29, 0.717) is 5.92 Å². The van der Waals surface area contributed by atoms with Crippen molar-refractivity contribution in [2.45, 2.75) is 26.7 Å². The van der Waals surface area contributed by atoms with E-state index in [1.807, 2.05) is 6.08 Å². The summed E-state index contributed by atoms with van der Waals surface area (Å²) in [5.41, 5.74) is 3.86. The molecular weight excluding hydrogens is 170 g/mol. The first-order valence-corrected chi connectivity index (χ1v) is 4.88. The van der Waals surface area contributed by atoms with Crippen LogP contribution in [0.4, 0.5) is 0 Å². The lowest BCUT2D eigenvalue weighted by Crippen LogP contribution is -1.89. The molecule has 0 fully saturated rings. The zero-order valence-electron chi connectivity index (χ0n) is 9.12. The third-order valence-electron chi connectivity index (χ3n) is 2.33. The number of rotatable bonds is 3. The molecule has 1 nitrogen and oxygen atoms in total. The highest BCUT2D eigenvalue weighted by atomic mass is 14.6. The predicted octanol–water partition coefficient (Wildman–Crippen LogP) is 3.79. The molecule has 0 heterocycles. The van der Waals surface area contributed by atoms with Crippen LogP contribution in [-0.4, -0.2) is 6.72 Å². The first-order valence-electron chi connectivity index (χ1n) is 4.88. The van der Waals surface area contributed by atoms with E-state index >= 15 is 0 Å². The molecule has 1 aromatic carbocycles. The second-order valence-corrected chi connectivity index (χ2v) is 3.77. The summed E-state index contributed by atoms with van der Waals surface area (Å²) in [6, 6.07) is 6.54. The van der Waals surface area contributed by atoms with Gasteiger partial charge in [-0.1, -0.05) is 32.0 Å². The first-order chi connectivity index (χ1) is 6.65. The van der Waals surface area contributed by atoms with Crippen molar-refractivity contribution in [3.05, 3.63) is 41.1 Å². The SMILES string of the molecule is C=N/C=C\c1cc(C(C)C)ccc1C.